The second-order valence-corrected chi connectivity index (χ2v) is 10.5. The van der Waals surface area contributed by atoms with Crippen LogP contribution in [0.3, 0.4) is 0 Å². The van der Waals surface area contributed by atoms with E-state index in [2.05, 4.69) is 15.1 Å². The quantitative estimate of drug-likeness (QED) is 0.457. The number of amides is 2. The number of nitrogens with zero attached hydrogens (tertiary/aromatic N) is 7. The van der Waals surface area contributed by atoms with Crippen molar-refractivity contribution >= 4 is 40.5 Å². The third-order valence-electron chi connectivity index (χ3n) is 6.31. The number of alkyl halides is 3. The van der Waals surface area contributed by atoms with Crippen molar-refractivity contribution in [3.8, 4) is 5.69 Å². The van der Waals surface area contributed by atoms with Crippen molar-refractivity contribution in [3.05, 3.63) is 41.3 Å². The van der Waals surface area contributed by atoms with Crippen molar-refractivity contribution in [2.24, 2.45) is 0 Å². The minimum Gasteiger partial charge on any atom is -0.444 e. The van der Waals surface area contributed by atoms with Gasteiger partial charge in [-0.05, 0) is 50.6 Å². The second kappa shape index (κ2) is 9.29. The number of fused-ring (bicyclic) bond motifs is 1. The van der Waals surface area contributed by atoms with Gasteiger partial charge in [-0.15, -0.1) is 0 Å². The molecule has 38 heavy (non-hydrogen) atoms. The number of ether oxygens (including phenoxy) is 1. The van der Waals surface area contributed by atoms with Crippen LogP contribution in [0.25, 0.3) is 16.7 Å². The fourth-order valence-corrected chi connectivity index (χ4v) is 4.65. The highest BCUT2D eigenvalue weighted by Gasteiger charge is 2.40. The van der Waals surface area contributed by atoms with Gasteiger partial charge in [0.25, 0.3) is 0 Å². The molecule has 2 aliphatic rings. The summed E-state index contributed by atoms with van der Waals surface area (Å²) in [6, 6.07) is 4.68. The zero-order valence-electron chi connectivity index (χ0n) is 20.9. The maximum Gasteiger partial charge on any atom is 0.416 e. The number of halogens is 4. The van der Waals surface area contributed by atoms with Gasteiger partial charge >= 0.3 is 12.3 Å². The number of carbonyl (C=O) groups excluding carboxylic acids is 2. The molecule has 5 rings (SSSR count). The Morgan fingerprint density at radius 1 is 1.13 bits per heavy atom. The van der Waals surface area contributed by atoms with E-state index in [9.17, 15) is 22.8 Å². The first kappa shape index (κ1) is 26.0. The van der Waals surface area contributed by atoms with E-state index in [1.54, 1.807) is 25.7 Å². The molecular formula is C24H25ClF3N7O3. The standard InChI is InChI=1S/C24H25ClF3N7O3/c1-23(2,3)38-22(37)32-7-8-34(18(36)13-32)16-11-33(12-16)19-17-10-29-35(20(17)31-21(25)30-19)15-6-4-5-14(9-15)24(26,27)28/h4-6,9-10,16H,7-8,11-13H2,1-3H3. The summed E-state index contributed by atoms with van der Waals surface area (Å²) >= 11 is 6.19. The minimum absolute atomic E-state index is 0.0568. The highest BCUT2D eigenvalue weighted by atomic mass is 35.5. The van der Waals surface area contributed by atoms with Gasteiger partial charge in [-0.25, -0.2) is 9.48 Å². The number of anilines is 1. The van der Waals surface area contributed by atoms with Crippen LogP contribution in [0.1, 0.15) is 26.3 Å². The van der Waals surface area contributed by atoms with Gasteiger partial charge in [0.2, 0.25) is 11.2 Å². The minimum atomic E-state index is -4.50. The summed E-state index contributed by atoms with van der Waals surface area (Å²) in [4.78, 5) is 38.7. The molecule has 0 saturated carbocycles. The summed E-state index contributed by atoms with van der Waals surface area (Å²) in [5.41, 5.74) is -0.999. The maximum atomic E-state index is 13.2. The number of benzene rings is 1. The fraction of sp³-hybridized carbons (Fsp3) is 0.458. The lowest BCUT2D eigenvalue weighted by Gasteiger charge is -2.48. The summed E-state index contributed by atoms with van der Waals surface area (Å²) in [5, 5.41) is 4.69. The fourth-order valence-electron chi connectivity index (χ4n) is 4.49. The van der Waals surface area contributed by atoms with E-state index >= 15 is 0 Å². The lowest BCUT2D eigenvalue weighted by molar-refractivity contribution is -0.139. The van der Waals surface area contributed by atoms with Crippen LogP contribution in [-0.4, -0.2) is 85.9 Å². The molecule has 14 heteroatoms. The molecule has 0 atom stereocenters. The van der Waals surface area contributed by atoms with E-state index in [4.69, 9.17) is 16.3 Å². The molecule has 202 valence electrons. The van der Waals surface area contributed by atoms with Crippen LogP contribution in [0.15, 0.2) is 30.5 Å². The normalized spacial score (nSPS) is 17.2. The Kier molecular flexibility index (Phi) is 6.36. The molecule has 0 aliphatic carbocycles. The molecule has 0 spiro atoms. The molecule has 0 radical (unpaired) electrons. The third kappa shape index (κ3) is 5.06. The average molecular weight is 552 g/mol. The maximum absolute atomic E-state index is 13.2. The smallest absolute Gasteiger partial charge is 0.416 e. The molecule has 4 heterocycles. The van der Waals surface area contributed by atoms with Gasteiger partial charge in [-0.3, -0.25) is 9.69 Å². The van der Waals surface area contributed by atoms with E-state index in [1.807, 2.05) is 4.90 Å². The van der Waals surface area contributed by atoms with Crippen LogP contribution in [0.4, 0.5) is 23.8 Å². The van der Waals surface area contributed by atoms with Crippen molar-refractivity contribution in [1.29, 1.82) is 0 Å². The predicted molar refractivity (Wildman–Crippen MR) is 132 cm³/mol. The van der Waals surface area contributed by atoms with Crippen molar-refractivity contribution in [2.75, 3.05) is 37.6 Å². The third-order valence-corrected chi connectivity index (χ3v) is 6.48. The van der Waals surface area contributed by atoms with Gasteiger partial charge in [0.05, 0.1) is 28.9 Å². The average Bonchev–Trinajstić information content (AvgIpc) is 3.21. The van der Waals surface area contributed by atoms with Crippen LogP contribution >= 0.6 is 11.6 Å². The lowest BCUT2D eigenvalue weighted by Crippen LogP contribution is -2.65. The van der Waals surface area contributed by atoms with Crippen LogP contribution in [-0.2, 0) is 15.7 Å². The van der Waals surface area contributed by atoms with Crippen molar-refractivity contribution in [2.45, 2.75) is 38.6 Å². The Bertz CT molecular complexity index is 1400. The first-order chi connectivity index (χ1) is 17.8. The van der Waals surface area contributed by atoms with Crippen molar-refractivity contribution in [1.82, 2.24) is 29.5 Å². The Hall–Kier alpha value is -3.61. The first-order valence-corrected chi connectivity index (χ1v) is 12.3. The Labute approximate surface area is 220 Å². The molecule has 0 bridgehead atoms. The Balaban J connectivity index is 1.31. The highest BCUT2D eigenvalue weighted by molar-refractivity contribution is 6.28. The van der Waals surface area contributed by atoms with E-state index in [1.165, 1.54) is 27.9 Å². The SMILES string of the molecule is CC(C)(C)OC(=O)N1CCN(C2CN(c3nc(Cl)nc4c3cnn4-c3cccc(C(F)(F)F)c3)C2)C(=O)C1. The van der Waals surface area contributed by atoms with E-state index < -0.39 is 23.4 Å². The molecule has 2 amide bonds. The molecule has 2 saturated heterocycles. The highest BCUT2D eigenvalue weighted by Crippen LogP contribution is 2.33. The van der Waals surface area contributed by atoms with Gasteiger partial charge in [0.15, 0.2) is 5.65 Å². The number of aromatic nitrogens is 4. The zero-order chi connectivity index (χ0) is 27.4. The predicted octanol–water partition coefficient (Wildman–Crippen LogP) is 3.76. The van der Waals surface area contributed by atoms with Crippen LogP contribution < -0.4 is 4.90 Å². The number of carbonyl (C=O) groups is 2. The van der Waals surface area contributed by atoms with E-state index in [0.717, 1.165) is 12.1 Å². The Morgan fingerprint density at radius 2 is 1.87 bits per heavy atom. The number of rotatable bonds is 3. The van der Waals surface area contributed by atoms with Gasteiger partial charge in [-0.1, -0.05) is 6.07 Å². The largest absolute Gasteiger partial charge is 0.444 e. The number of hydrogen-bond donors (Lipinski definition) is 0. The lowest BCUT2D eigenvalue weighted by atomic mass is 10.1. The molecule has 2 aliphatic heterocycles. The molecule has 0 N–H and O–H groups in total. The molecule has 3 aromatic rings. The number of piperazine rings is 1. The van der Waals surface area contributed by atoms with Crippen molar-refractivity contribution < 1.29 is 27.5 Å². The van der Waals surface area contributed by atoms with Gasteiger partial charge in [0.1, 0.15) is 18.0 Å². The van der Waals surface area contributed by atoms with E-state index in [-0.39, 0.29) is 35.1 Å². The second-order valence-electron chi connectivity index (χ2n) is 10.2. The summed E-state index contributed by atoms with van der Waals surface area (Å²) in [6.07, 6.45) is -3.53. The Morgan fingerprint density at radius 3 is 2.53 bits per heavy atom. The summed E-state index contributed by atoms with van der Waals surface area (Å²) in [7, 11) is 0. The zero-order valence-corrected chi connectivity index (χ0v) is 21.6. The topological polar surface area (TPSA) is 96.7 Å². The van der Waals surface area contributed by atoms with E-state index in [0.29, 0.717) is 37.4 Å². The van der Waals surface area contributed by atoms with Crippen LogP contribution in [0.2, 0.25) is 5.28 Å². The first-order valence-electron chi connectivity index (χ1n) is 11.9. The monoisotopic (exact) mass is 551 g/mol. The molecule has 2 aromatic heterocycles. The van der Waals surface area contributed by atoms with Gasteiger partial charge in [-0.2, -0.15) is 28.2 Å². The molecular weight excluding hydrogens is 527 g/mol. The van der Waals surface area contributed by atoms with Crippen LogP contribution in [0.5, 0.6) is 0 Å². The number of hydrogen-bond acceptors (Lipinski definition) is 7. The summed E-state index contributed by atoms with van der Waals surface area (Å²) in [6.45, 7) is 6.93. The van der Waals surface area contributed by atoms with Gasteiger partial charge < -0.3 is 14.5 Å². The van der Waals surface area contributed by atoms with Crippen molar-refractivity contribution in [3.63, 3.8) is 0 Å². The molecule has 2 fully saturated rings. The summed E-state index contributed by atoms with van der Waals surface area (Å²) in [5.74, 6) is 0.310. The van der Waals surface area contributed by atoms with Crippen LogP contribution in [0, 0.1) is 0 Å². The molecule has 1 aromatic carbocycles. The molecule has 10 nitrogen and oxygen atoms in total. The molecule has 0 unspecified atom stereocenters. The summed E-state index contributed by atoms with van der Waals surface area (Å²) < 4.78 is 46.3. The van der Waals surface area contributed by atoms with Gasteiger partial charge in [0, 0.05) is 26.2 Å².